The molecule has 0 spiro atoms. The molecule has 3 nitrogen and oxygen atoms in total. The van der Waals surface area contributed by atoms with Crippen LogP contribution >= 0.6 is 15.9 Å². The number of hydrogen-bond acceptors (Lipinski definition) is 3. The zero-order valence-electron chi connectivity index (χ0n) is 9.16. The maximum absolute atomic E-state index is 13.4. The van der Waals surface area contributed by atoms with Gasteiger partial charge in [0, 0.05) is 28.8 Å². The first-order valence-electron chi connectivity index (χ1n) is 5.07. The number of hydrogen-bond donors (Lipinski definition) is 1. The van der Waals surface area contributed by atoms with E-state index in [1.54, 1.807) is 6.07 Å². The number of ether oxygens (including phenoxy) is 1. The number of aromatic nitrogens is 1. The van der Waals surface area contributed by atoms with Gasteiger partial charge < -0.3 is 10.5 Å². The second-order valence-corrected chi connectivity index (χ2v) is 4.41. The summed E-state index contributed by atoms with van der Waals surface area (Å²) < 4.78 is 32.4. The second kappa shape index (κ2) is 5.41. The highest BCUT2D eigenvalue weighted by Crippen LogP contribution is 2.27. The van der Waals surface area contributed by atoms with Crippen molar-refractivity contribution >= 4 is 15.9 Å². The SMILES string of the molecule is NCc1cc(Br)cnc1Oc1cc(F)ccc1F. The summed E-state index contributed by atoms with van der Waals surface area (Å²) in [7, 11) is 0. The van der Waals surface area contributed by atoms with Crippen LogP contribution in [0.15, 0.2) is 34.9 Å². The van der Waals surface area contributed by atoms with E-state index in [0.717, 1.165) is 22.7 Å². The van der Waals surface area contributed by atoms with Gasteiger partial charge in [-0.1, -0.05) is 0 Å². The fourth-order valence-corrected chi connectivity index (χ4v) is 1.75. The summed E-state index contributed by atoms with van der Waals surface area (Å²) in [5.74, 6) is -1.31. The number of halogens is 3. The first kappa shape index (κ1) is 12.9. The Hall–Kier alpha value is -1.53. The van der Waals surface area contributed by atoms with Gasteiger partial charge in [-0.15, -0.1) is 0 Å². The Balaban J connectivity index is 2.36. The van der Waals surface area contributed by atoms with Crippen molar-refractivity contribution in [2.75, 3.05) is 0 Å². The molecular weight excluding hydrogens is 306 g/mol. The molecule has 1 aromatic carbocycles. The van der Waals surface area contributed by atoms with Gasteiger partial charge in [0.2, 0.25) is 5.88 Å². The van der Waals surface area contributed by atoms with Crippen molar-refractivity contribution in [3.05, 3.63) is 52.1 Å². The summed E-state index contributed by atoms with van der Waals surface area (Å²) in [6.45, 7) is 0.179. The van der Waals surface area contributed by atoms with Gasteiger partial charge in [0.1, 0.15) is 5.82 Å². The summed E-state index contributed by atoms with van der Waals surface area (Å²) in [5, 5.41) is 0. The average Bonchev–Trinajstić information content (AvgIpc) is 2.36. The Morgan fingerprint density at radius 2 is 2.06 bits per heavy atom. The molecule has 94 valence electrons. The van der Waals surface area contributed by atoms with Crippen molar-refractivity contribution in [3.8, 4) is 11.6 Å². The van der Waals surface area contributed by atoms with E-state index in [9.17, 15) is 8.78 Å². The third kappa shape index (κ3) is 2.83. The van der Waals surface area contributed by atoms with Crippen LogP contribution in [0.4, 0.5) is 8.78 Å². The molecule has 0 unspecified atom stereocenters. The molecule has 0 saturated carbocycles. The molecule has 0 radical (unpaired) electrons. The summed E-state index contributed by atoms with van der Waals surface area (Å²) in [5.41, 5.74) is 6.12. The minimum absolute atomic E-state index is 0.158. The average molecular weight is 315 g/mol. The molecule has 0 aliphatic carbocycles. The van der Waals surface area contributed by atoms with E-state index in [4.69, 9.17) is 10.5 Å². The number of pyridine rings is 1. The zero-order valence-corrected chi connectivity index (χ0v) is 10.7. The van der Waals surface area contributed by atoms with E-state index in [1.165, 1.54) is 6.20 Å². The third-order valence-electron chi connectivity index (χ3n) is 2.21. The van der Waals surface area contributed by atoms with E-state index < -0.39 is 11.6 Å². The quantitative estimate of drug-likeness (QED) is 0.945. The minimum atomic E-state index is -0.663. The van der Waals surface area contributed by atoms with E-state index >= 15 is 0 Å². The van der Waals surface area contributed by atoms with Gasteiger partial charge in [0.15, 0.2) is 11.6 Å². The van der Waals surface area contributed by atoms with E-state index in [-0.39, 0.29) is 18.2 Å². The van der Waals surface area contributed by atoms with Crippen molar-refractivity contribution < 1.29 is 13.5 Å². The molecule has 0 atom stereocenters. The fourth-order valence-electron chi connectivity index (χ4n) is 1.37. The Labute approximate surface area is 111 Å². The van der Waals surface area contributed by atoms with E-state index in [2.05, 4.69) is 20.9 Å². The molecule has 18 heavy (non-hydrogen) atoms. The maximum atomic E-state index is 13.4. The Morgan fingerprint density at radius 3 is 2.78 bits per heavy atom. The summed E-state index contributed by atoms with van der Waals surface area (Å²) in [4.78, 5) is 3.98. The second-order valence-electron chi connectivity index (χ2n) is 3.50. The molecule has 6 heteroatoms. The summed E-state index contributed by atoms with van der Waals surface area (Å²) in [6.07, 6.45) is 1.49. The molecule has 1 aromatic heterocycles. The van der Waals surface area contributed by atoms with E-state index in [1.807, 2.05) is 0 Å². The minimum Gasteiger partial charge on any atom is -0.435 e. The maximum Gasteiger partial charge on any atom is 0.223 e. The number of rotatable bonds is 3. The highest BCUT2D eigenvalue weighted by Gasteiger charge is 2.10. The number of nitrogens with two attached hydrogens (primary N) is 1. The van der Waals surface area contributed by atoms with Gasteiger partial charge in [0.25, 0.3) is 0 Å². The molecule has 0 aliphatic rings. The monoisotopic (exact) mass is 314 g/mol. The van der Waals surface area contributed by atoms with E-state index in [0.29, 0.717) is 5.56 Å². The standard InChI is InChI=1S/C12H9BrF2N2O/c13-8-3-7(5-16)12(17-6-8)18-11-4-9(14)1-2-10(11)15/h1-4,6H,5,16H2. The lowest BCUT2D eigenvalue weighted by molar-refractivity contribution is 0.418. The van der Waals surface area contributed by atoms with Crippen LogP contribution in [-0.2, 0) is 6.54 Å². The predicted molar refractivity (Wildman–Crippen MR) is 66.3 cm³/mol. The summed E-state index contributed by atoms with van der Waals surface area (Å²) in [6, 6.07) is 4.67. The highest BCUT2D eigenvalue weighted by atomic mass is 79.9. The van der Waals surface area contributed by atoms with Crippen LogP contribution in [0, 0.1) is 11.6 Å². The Bertz CT molecular complexity index is 578. The number of benzene rings is 1. The smallest absolute Gasteiger partial charge is 0.223 e. The Morgan fingerprint density at radius 1 is 1.28 bits per heavy atom. The predicted octanol–water partition coefficient (Wildman–Crippen LogP) is 3.37. The topological polar surface area (TPSA) is 48.1 Å². The first-order chi connectivity index (χ1) is 8.60. The first-order valence-corrected chi connectivity index (χ1v) is 5.87. The zero-order chi connectivity index (χ0) is 13.1. The van der Waals surface area contributed by atoms with Crippen molar-refractivity contribution in [2.24, 2.45) is 5.73 Å². The van der Waals surface area contributed by atoms with Crippen LogP contribution in [-0.4, -0.2) is 4.98 Å². The van der Waals surface area contributed by atoms with Crippen molar-refractivity contribution in [2.45, 2.75) is 6.54 Å². The molecule has 0 amide bonds. The van der Waals surface area contributed by atoms with Gasteiger partial charge in [-0.3, -0.25) is 0 Å². The molecule has 2 aromatic rings. The molecule has 2 rings (SSSR count). The fraction of sp³-hybridized carbons (Fsp3) is 0.0833. The molecule has 0 saturated heterocycles. The van der Waals surface area contributed by atoms with Crippen LogP contribution < -0.4 is 10.5 Å². The van der Waals surface area contributed by atoms with Gasteiger partial charge >= 0.3 is 0 Å². The van der Waals surface area contributed by atoms with Crippen LogP contribution in [0.5, 0.6) is 11.6 Å². The lowest BCUT2D eigenvalue weighted by Crippen LogP contribution is -2.02. The van der Waals surface area contributed by atoms with Crippen LogP contribution in [0.1, 0.15) is 5.56 Å². The van der Waals surface area contributed by atoms with Crippen molar-refractivity contribution in [1.29, 1.82) is 0 Å². The molecule has 0 fully saturated rings. The number of nitrogens with zero attached hydrogens (tertiary/aromatic N) is 1. The lowest BCUT2D eigenvalue weighted by Gasteiger charge is -2.09. The molecule has 0 aliphatic heterocycles. The highest BCUT2D eigenvalue weighted by molar-refractivity contribution is 9.10. The summed E-state index contributed by atoms with van der Waals surface area (Å²) >= 11 is 3.24. The molecule has 0 bridgehead atoms. The van der Waals surface area contributed by atoms with Crippen molar-refractivity contribution in [3.63, 3.8) is 0 Å². The normalized spacial score (nSPS) is 10.4. The molecule has 1 heterocycles. The van der Waals surface area contributed by atoms with Gasteiger partial charge in [-0.05, 0) is 34.1 Å². The largest absolute Gasteiger partial charge is 0.435 e. The van der Waals surface area contributed by atoms with Gasteiger partial charge in [0.05, 0.1) is 0 Å². The lowest BCUT2D eigenvalue weighted by atomic mass is 10.2. The molecule has 2 N–H and O–H groups in total. The van der Waals surface area contributed by atoms with Gasteiger partial charge in [-0.25, -0.2) is 13.8 Å². The van der Waals surface area contributed by atoms with Crippen LogP contribution in [0.2, 0.25) is 0 Å². The van der Waals surface area contributed by atoms with Crippen molar-refractivity contribution in [1.82, 2.24) is 4.98 Å². The Kier molecular flexibility index (Phi) is 3.88. The van der Waals surface area contributed by atoms with Crippen LogP contribution in [0.25, 0.3) is 0 Å². The molecular formula is C12H9BrF2N2O. The van der Waals surface area contributed by atoms with Crippen LogP contribution in [0.3, 0.4) is 0 Å². The third-order valence-corrected chi connectivity index (χ3v) is 2.65. The van der Waals surface area contributed by atoms with Gasteiger partial charge in [-0.2, -0.15) is 0 Å².